The van der Waals surface area contributed by atoms with Gasteiger partial charge in [-0.3, -0.25) is 38.8 Å². The standard InChI is InChI=1S/C20H17FN6O2S.C18H15FN6OS.C4H6O3/c1-12(28)26(2)20-24-8-15(30-20)7-23-19(29)17-9-22-11-18-16(17)10-25-27(18)14-5-3-13(21)4-6-14;1-20-18-23-7-13(27-18)6-22-17(26)15-8-21-10-16-14(15)9-24-25(16)12-4-2-11(19)3-5-12;1-3(5)7-4(2)6/h3-6,8-11H,7H2,1-2H3,(H,23,29);2-5,7-10H,6H2,1H3,(H,20,23)(H,22,26);1-2H3. The highest BCUT2D eigenvalue weighted by Gasteiger charge is 2.18. The summed E-state index contributed by atoms with van der Waals surface area (Å²) in [6.45, 7) is 4.47. The van der Waals surface area contributed by atoms with E-state index in [4.69, 9.17) is 0 Å². The number of esters is 2. The van der Waals surface area contributed by atoms with Crippen LogP contribution < -0.4 is 20.9 Å². The van der Waals surface area contributed by atoms with Gasteiger partial charge in [0.1, 0.15) is 11.6 Å². The number of nitrogens with zero attached hydrogens (tertiary/aromatic N) is 9. The molecule has 6 aromatic heterocycles. The lowest BCUT2D eigenvalue weighted by atomic mass is 10.2. The fourth-order valence-electron chi connectivity index (χ4n) is 5.72. The molecule has 6 heterocycles. The van der Waals surface area contributed by atoms with E-state index in [1.54, 1.807) is 84.9 Å². The number of hydrogen-bond acceptors (Lipinski definition) is 15. The molecular formula is C42H38F2N12O6S2. The molecule has 22 heteroatoms. The number of benzene rings is 2. The van der Waals surface area contributed by atoms with E-state index in [9.17, 15) is 32.8 Å². The number of fused-ring (bicyclic) bond motifs is 2. The SMILES string of the molecule is CC(=O)N(C)c1ncc(CNC(=O)c2cncc3c2cnn3-c2ccc(F)cc2)s1.CC(=O)OC(C)=O.CNc1ncc(CNC(=O)c2cncc3c2cnn3-c2ccc(F)cc2)s1. The summed E-state index contributed by atoms with van der Waals surface area (Å²) in [5.74, 6) is -2.45. The minimum absolute atomic E-state index is 0.115. The van der Waals surface area contributed by atoms with Crippen molar-refractivity contribution < 1.29 is 37.5 Å². The second-order valence-corrected chi connectivity index (χ2v) is 15.5. The lowest BCUT2D eigenvalue weighted by Crippen LogP contribution is -2.23. The smallest absolute Gasteiger partial charge is 0.310 e. The summed E-state index contributed by atoms with van der Waals surface area (Å²) in [7, 11) is 3.45. The number of halogens is 2. The molecule has 0 saturated heterocycles. The largest absolute Gasteiger partial charge is 0.394 e. The van der Waals surface area contributed by atoms with Crippen LogP contribution in [0.5, 0.6) is 0 Å². The van der Waals surface area contributed by atoms with Crippen LogP contribution in [0, 0.1) is 11.6 Å². The number of pyridine rings is 2. The molecule has 0 spiro atoms. The predicted octanol–water partition coefficient (Wildman–Crippen LogP) is 6.01. The highest BCUT2D eigenvalue weighted by Crippen LogP contribution is 2.25. The molecule has 0 aliphatic carbocycles. The van der Waals surface area contributed by atoms with Gasteiger partial charge in [0.15, 0.2) is 10.3 Å². The third kappa shape index (κ3) is 11.3. The molecule has 3 N–H and O–H groups in total. The first kappa shape index (κ1) is 45.7. The molecule has 8 aromatic rings. The summed E-state index contributed by atoms with van der Waals surface area (Å²) in [6.07, 6.45) is 12.8. The van der Waals surface area contributed by atoms with Crippen molar-refractivity contribution in [3.8, 4) is 11.4 Å². The maximum atomic E-state index is 13.2. The van der Waals surface area contributed by atoms with Crippen LogP contribution in [0.15, 0.2) is 98.1 Å². The first-order valence-corrected chi connectivity index (χ1v) is 20.6. The number of hydrogen-bond donors (Lipinski definition) is 3. The van der Waals surface area contributed by atoms with E-state index in [2.05, 4.69) is 50.8 Å². The second-order valence-electron chi connectivity index (χ2n) is 13.3. The fraction of sp³-hybridized carbons (Fsp3) is 0.167. The normalized spacial score (nSPS) is 10.5. The fourth-order valence-corrected chi connectivity index (χ4v) is 7.28. The highest BCUT2D eigenvalue weighted by atomic mass is 32.1. The summed E-state index contributed by atoms with van der Waals surface area (Å²) in [5, 5.41) is 20.0. The van der Waals surface area contributed by atoms with Crippen molar-refractivity contribution in [1.29, 1.82) is 0 Å². The van der Waals surface area contributed by atoms with Crippen LogP contribution in [-0.4, -0.2) is 83.3 Å². The van der Waals surface area contributed by atoms with Crippen molar-refractivity contribution in [2.45, 2.75) is 33.9 Å². The molecule has 0 atom stereocenters. The minimum atomic E-state index is -0.562. The third-order valence-electron chi connectivity index (χ3n) is 8.83. The van der Waals surface area contributed by atoms with E-state index < -0.39 is 11.9 Å². The number of rotatable bonds is 10. The molecule has 0 bridgehead atoms. The van der Waals surface area contributed by atoms with Gasteiger partial charge >= 0.3 is 11.9 Å². The van der Waals surface area contributed by atoms with E-state index in [0.29, 0.717) is 56.0 Å². The molecule has 0 radical (unpaired) electrons. The van der Waals surface area contributed by atoms with Gasteiger partial charge in [-0.2, -0.15) is 10.2 Å². The van der Waals surface area contributed by atoms with Crippen molar-refractivity contribution in [3.63, 3.8) is 0 Å². The Kier molecular flexibility index (Phi) is 14.9. The Morgan fingerprint density at radius 3 is 1.50 bits per heavy atom. The number of carbonyl (C=O) groups excluding carboxylic acids is 5. The Morgan fingerprint density at radius 1 is 0.641 bits per heavy atom. The first-order chi connectivity index (χ1) is 30.7. The van der Waals surface area contributed by atoms with Crippen LogP contribution in [-0.2, 0) is 32.2 Å². The van der Waals surface area contributed by atoms with Crippen LogP contribution in [0.3, 0.4) is 0 Å². The number of carbonyl (C=O) groups is 5. The lowest BCUT2D eigenvalue weighted by molar-refractivity contribution is -0.156. The van der Waals surface area contributed by atoms with Crippen LogP contribution in [0.2, 0.25) is 0 Å². The Labute approximate surface area is 371 Å². The summed E-state index contributed by atoms with van der Waals surface area (Å²) in [5.41, 5.74) is 3.47. The molecule has 0 fully saturated rings. The van der Waals surface area contributed by atoms with Gasteiger partial charge in [-0.25, -0.2) is 28.1 Å². The van der Waals surface area contributed by atoms with Crippen molar-refractivity contribution in [3.05, 3.63) is 131 Å². The summed E-state index contributed by atoms with van der Waals surface area (Å²) >= 11 is 2.81. The average Bonchev–Trinajstić information content (AvgIpc) is 4.12. The van der Waals surface area contributed by atoms with Gasteiger partial charge in [-0.05, 0) is 48.5 Å². The monoisotopic (exact) mass is 908 g/mol. The van der Waals surface area contributed by atoms with Crippen molar-refractivity contribution in [2.24, 2.45) is 0 Å². The van der Waals surface area contributed by atoms with Gasteiger partial charge in [-0.1, -0.05) is 11.3 Å². The maximum Gasteiger partial charge on any atom is 0.310 e. The molecule has 64 heavy (non-hydrogen) atoms. The number of nitrogens with one attached hydrogen (secondary N) is 3. The Balaban J connectivity index is 0.000000186. The van der Waals surface area contributed by atoms with E-state index in [1.807, 2.05) is 0 Å². The molecule has 0 saturated carbocycles. The van der Waals surface area contributed by atoms with E-state index in [0.717, 1.165) is 14.9 Å². The molecule has 3 amide bonds. The van der Waals surface area contributed by atoms with Crippen LogP contribution in [0.1, 0.15) is 51.2 Å². The van der Waals surface area contributed by atoms with Gasteiger partial charge in [0, 0.05) is 80.2 Å². The summed E-state index contributed by atoms with van der Waals surface area (Å²) in [4.78, 5) is 76.4. The highest BCUT2D eigenvalue weighted by molar-refractivity contribution is 7.16. The van der Waals surface area contributed by atoms with Crippen molar-refractivity contribution >= 4 is 84.4 Å². The van der Waals surface area contributed by atoms with Crippen molar-refractivity contribution in [1.82, 2.24) is 50.1 Å². The zero-order valence-corrected chi connectivity index (χ0v) is 36.3. The lowest BCUT2D eigenvalue weighted by Gasteiger charge is -2.09. The van der Waals surface area contributed by atoms with E-state index >= 15 is 0 Å². The number of aromatic nitrogens is 8. The summed E-state index contributed by atoms with van der Waals surface area (Å²) in [6, 6.07) is 11.9. The average molecular weight is 909 g/mol. The number of thiazole rings is 2. The van der Waals surface area contributed by atoms with Crippen LogP contribution >= 0.6 is 22.7 Å². The van der Waals surface area contributed by atoms with E-state index in [1.165, 1.54) is 85.0 Å². The zero-order valence-electron chi connectivity index (χ0n) is 34.7. The molecule has 328 valence electrons. The van der Waals surface area contributed by atoms with Gasteiger partial charge in [0.2, 0.25) is 5.91 Å². The number of anilines is 2. The zero-order chi connectivity index (χ0) is 45.9. The van der Waals surface area contributed by atoms with Crippen molar-refractivity contribution in [2.75, 3.05) is 24.3 Å². The minimum Gasteiger partial charge on any atom is -0.394 e. The quantitative estimate of drug-likeness (QED) is 0.106. The molecule has 18 nitrogen and oxygen atoms in total. The second kappa shape index (κ2) is 20.8. The van der Waals surface area contributed by atoms with Gasteiger partial charge in [0.25, 0.3) is 11.8 Å². The number of ether oxygens (including phenoxy) is 1. The molecule has 0 aliphatic rings. The van der Waals surface area contributed by atoms with Gasteiger partial charge in [-0.15, -0.1) is 11.3 Å². The topological polar surface area (TPSA) is 221 Å². The van der Waals surface area contributed by atoms with Crippen LogP contribution in [0.25, 0.3) is 33.2 Å². The van der Waals surface area contributed by atoms with Gasteiger partial charge in [0.05, 0.1) is 71.4 Å². The molecule has 0 aliphatic heterocycles. The maximum absolute atomic E-state index is 13.2. The molecule has 8 rings (SSSR count). The number of amides is 3. The van der Waals surface area contributed by atoms with Crippen LogP contribution in [0.4, 0.5) is 19.0 Å². The molecule has 0 unspecified atom stereocenters. The first-order valence-electron chi connectivity index (χ1n) is 18.9. The third-order valence-corrected chi connectivity index (χ3v) is 10.9. The summed E-state index contributed by atoms with van der Waals surface area (Å²) < 4.78 is 33.6. The Bertz CT molecular complexity index is 2940. The Morgan fingerprint density at radius 2 is 1.09 bits per heavy atom. The molecular weight excluding hydrogens is 871 g/mol. The van der Waals surface area contributed by atoms with Gasteiger partial charge < -0.3 is 20.7 Å². The van der Waals surface area contributed by atoms with E-state index in [-0.39, 0.29) is 35.9 Å². The Hall–Kier alpha value is -7.85. The molecule has 2 aromatic carbocycles. The predicted molar refractivity (Wildman–Crippen MR) is 235 cm³/mol.